The highest BCUT2D eigenvalue weighted by Gasteiger charge is 2.42. The molecular weight excluding hydrogens is 206 g/mol. The fourth-order valence-corrected chi connectivity index (χ4v) is 2.28. The summed E-state index contributed by atoms with van der Waals surface area (Å²) in [7, 11) is 1.89. The van der Waals surface area contributed by atoms with Gasteiger partial charge < -0.3 is 14.6 Å². The molecule has 1 unspecified atom stereocenters. The zero-order chi connectivity index (χ0) is 11.8. The molecule has 1 N–H and O–H groups in total. The molecule has 5 nitrogen and oxygen atoms in total. The number of hydrogen-bond acceptors (Lipinski definition) is 3. The Hall–Kier alpha value is -1.52. The maximum absolute atomic E-state index is 11.4. The molecule has 0 spiro atoms. The lowest BCUT2D eigenvalue weighted by Crippen LogP contribution is -2.56. The monoisotopic (exact) mass is 223 g/mol. The van der Waals surface area contributed by atoms with Crippen LogP contribution in [0.1, 0.15) is 26.2 Å². The van der Waals surface area contributed by atoms with Crippen molar-refractivity contribution in [3.8, 4) is 0 Å². The minimum atomic E-state index is -0.822. The maximum atomic E-state index is 11.4. The number of carboxylic acids is 1. The summed E-state index contributed by atoms with van der Waals surface area (Å²) in [6, 6.07) is 0. The van der Waals surface area contributed by atoms with Crippen LogP contribution in [0.25, 0.3) is 0 Å². The van der Waals surface area contributed by atoms with Crippen molar-refractivity contribution >= 4 is 11.9 Å². The first-order valence-corrected chi connectivity index (χ1v) is 5.54. The summed E-state index contributed by atoms with van der Waals surface area (Å²) in [5, 5.41) is 9.38. The number of aromatic nitrogens is 2. The van der Waals surface area contributed by atoms with Crippen LogP contribution in [0.3, 0.4) is 0 Å². The van der Waals surface area contributed by atoms with Gasteiger partial charge in [0, 0.05) is 26.0 Å². The average Bonchev–Trinajstić information content (AvgIpc) is 2.65. The molecule has 5 heteroatoms. The summed E-state index contributed by atoms with van der Waals surface area (Å²) in [5.74, 6) is -0.0280. The summed E-state index contributed by atoms with van der Waals surface area (Å²) in [4.78, 5) is 17.6. The summed E-state index contributed by atoms with van der Waals surface area (Å²) in [6.45, 7) is 2.54. The summed E-state index contributed by atoms with van der Waals surface area (Å²) < 4.78 is 1.87. The van der Waals surface area contributed by atoms with Crippen molar-refractivity contribution < 1.29 is 9.90 Å². The lowest BCUT2D eigenvalue weighted by atomic mass is 9.89. The lowest BCUT2D eigenvalue weighted by Gasteiger charge is -2.42. The Kier molecular flexibility index (Phi) is 2.61. The molecule has 0 aromatic carbocycles. The Morgan fingerprint density at radius 2 is 2.31 bits per heavy atom. The van der Waals surface area contributed by atoms with E-state index in [0.717, 1.165) is 25.3 Å². The number of carbonyl (C=O) groups is 1. The smallest absolute Gasteiger partial charge is 0.329 e. The number of imidazole rings is 1. The Morgan fingerprint density at radius 3 is 2.88 bits per heavy atom. The van der Waals surface area contributed by atoms with Gasteiger partial charge in [-0.3, -0.25) is 0 Å². The van der Waals surface area contributed by atoms with Gasteiger partial charge in [0.15, 0.2) is 0 Å². The van der Waals surface area contributed by atoms with Gasteiger partial charge in [-0.2, -0.15) is 0 Å². The fourth-order valence-electron chi connectivity index (χ4n) is 2.28. The van der Waals surface area contributed by atoms with E-state index in [0.29, 0.717) is 6.42 Å². The molecule has 1 atom stereocenters. The molecule has 88 valence electrons. The third-order valence-corrected chi connectivity index (χ3v) is 3.39. The average molecular weight is 223 g/mol. The van der Waals surface area contributed by atoms with E-state index in [1.807, 2.05) is 22.7 Å². The fraction of sp³-hybridized carbons (Fsp3) is 0.636. The van der Waals surface area contributed by atoms with Crippen LogP contribution in [-0.2, 0) is 11.8 Å². The highest BCUT2D eigenvalue weighted by molar-refractivity contribution is 5.82. The quantitative estimate of drug-likeness (QED) is 0.820. The van der Waals surface area contributed by atoms with Gasteiger partial charge in [-0.05, 0) is 26.2 Å². The van der Waals surface area contributed by atoms with Crippen molar-refractivity contribution in [1.82, 2.24) is 9.55 Å². The predicted octanol–water partition coefficient (Wildman–Crippen LogP) is 1.25. The van der Waals surface area contributed by atoms with Crippen LogP contribution in [0.2, 0.25) is 0 Å². The van der Waals surface area contributed by atoms with E-state index in [1.165, 1.54) is 0 Å². The second-order valence-electron chi connectivity index (χ2n) is 4.53. The Morgan fingerprint density at radius 1 is 1.56 bits per heavy atom. The molecule has 2 rings (SSSR count). The van der Waals surface area contributed by atoms with Crippen molar-refractivity contribution in [3.63, 3.8) is 0 Å². The molecule has 1 aliphatic heterocycles. The lowest BCUT2D eigenvalue weighted by molar-refractivity contribution is -0.143. The van der Waals surface area contributed by atoms with E-state index in [1.54, 1.807) is 13.1 Å². The molecule has 0 amide bonds. The molecule has 1 aliphatic rings. The van der Waals surface area contributed by atoms with Gasteiger partial charge in [-0.15, -0.1) is 0 Å². The number of carboxylic acid groups (broad SMARTS) is 1. The molecule has 0 bridgehead atoms. The third kappa shape index (κ3) is 1.56. The number of aliphatic carboxylic acids is 1. The molecule has 1 aromatic heterocycles. The van der Waals surface area contributed by atoms with E-state index in [9.17, 15) is 9.90 Å². The third-order valence-electron chi connectivity index (χ3n) is 3.39. The van der Waals surface area contributed by atoms with Crippen molar-refractivity contribution in [1.29, 1.82) is 0 Å². The molecule has 0 saturated carbocycles. The van der Waals surface area contributed by atoms with Crippen LogP contribution in [-0.4, -0.2) is 32.7 Å². The Labute approximate surface area is 94.7 Å². The van der Waals surface area contributed by atoms with Gasteiger partial charge in [0.05, 0.1) is 0 Å². The van der Waals surface area contributed by atoms with Crippen molar-refractivity contribution in [2.45, 2.75) is 31.7 Å². The normalized spacial score (nSPS) is 25.8. The molecule has 16 heavy (non-hydrogen) atoms. The molecular formula is C11H17N3O2. The highest BCUT2D eigenvalue weighted by Crippen LogP contribution is 2.31. The molecule has 0 radical (unpaired) electrons. The Bertz CT molecular complexity index is 402. The molecule has 1 aromatic rings. The van der Waals surface area contributed by atoms with Gasteiger partial charge in [-0.25, -0.2) is 9.78 Å². The minimum absolute atomic E-state index is 0.676. The van der Waals surface area contributed by atoms with Crippen molar-refractivity contribution in [3.05, 3.63) is 12.4 Å². The second-order valence-corrected chi connectivity index (χ2v) is 4.53. The first kappa shape index (κ1) is 11.0. The maximum Gasteiger partial charge on any atom is 0.329 e. The van der Waals surface area contributed by atoms with Gasteiger partial charge in [0.2, 0.25) is 5.95 Å². The first-order valence-electron chi connectivity index (χ1n) is 5.54. The number of hydrogen-bond donors (Lipinski definition) is 1. The number of anilines is 1. The van der Waals surface area contributed by atoms with Crippen LogP contribution in [0.5, 0.6) is 0 Å². The number of nitrogens with zero attached hydrogens (tertiary/aromatic N) is 3. The van der Waals surface area contributed by atoms with E-state index in [2.05, 4.69) is 4.98 Å². The van der Waals surface area contributed by atoms with E-state index in [-0.39, 0.29) is 0 Å². The van der Waals surface area contributed by atoms with Crippen LogP contribution in [0.15, 0.2) is 12.4 Å². The number of piperidine rings is 1. The summed E-state index contributed by atoms with van der Waals surface area (Å²) in [5.41, 5.74) is -0.822. The van der Waals surface area contributed by atoms with Crippen LogP contribution in [0.4, 0.5) is 5.95 Å². The first-order chi connectivity index (χ1) is 7.55. The summed E-state index contributed by atoms with van der Waals surface area (Å²) in [6.07, 6.45) is 6.20. The highest BCUT2D eigenvalue weighted by atomic mass is 16.4. The topological polar surface area (TPSA) is 58.4 Å². The zero-order valence-corrected chi connectivity index (χ0v) is 9.68. The Balaban J connectivity index is 2.37. The van der Waals surface area contributed by atoms with E-state index >= 15 is 0 Å². The number of rotatable bonds is 2. The van der Waals surface area contributed by atoms with Gasteiger partial charge in [0.1, 0.15) is 5.54 Å². The molecule has 0 aliphatic carbocycles. The van der Waals surface area contributed by atoms with Crippen LogP contribution < -0.4 is 4.90 Å². The van der Waals surface area contributed by atoms with Gasteiger partial charge in [0.25, 0.3) is 0 Å². The molecule has 2 heterocycles. The largest absolute Gasteiger partial charge is 0.480 e. The number of aryl methyl sites for hydroxylation is 1. The van der Waals surface area contributed by atoms with Crippen molar-refractivity contribution in [2.24, 2.45) is 7.05 Å². The van der Waals surface area contributed by atoms with Gasteiger partial charge >= 0.3 is 5.97 Å². The van der Waals surface area contributed by atoms with Crippen molar-refractivity contribution in [2.75, 3.05) is 11.4 Å². The summed E-state index contributed by atoms with van der Waals surface area (Å²) >= 11 is 0. The predicted molar refractivity (Wildman–Crippen MR) is 60.4 cm³/mol. The van der Waals surface area contributed by atoms with Crippen LogP contribution in [0, 0.1) is 0 Å². The minimum Gasteiger partial charge on any atom is -0.480 e. The van der Waals surface area contributed by atoms with E-state index < -0.39 is 11.5 Å². The molecule has 1 saturated heterocycles. The van der Waals surface area contributed by atoms with E-state index in [4.69, 9.17) is 0 Å². The molecule has 1 fully saturated rings. The standard InChI is InChI=1S/C11H17N3O2/c1-11(9(15)16)5-3-4-7-14(11)10-12-6-8-13(10)2/h6,8H,3-5,7H2,1-2H3,(H,15,16). The SMILES string of the molecule is Cn1ccnc1N1CCCCC1(C)C(=O)O. The zero-order valence-electron chi connectivity index (χ0n) is 9.68. The van der Waals surface area contributed by atoms with Gasteiger partial charge in [-0.1, -0.05) is 0 Å². The van der Waals surface area contributed by atoms with Crippen LogP contribution >= 0.6 is 0 Å². The second kappa shape index (κ2) is 3.81.